The lowest BCUT2D eigenvalue weighted by Crippen LogP contribution is -2.40. The molecule has 3 heteroatoms. The minimum atomic E-state index is -0.417. The molecule has 0 heterocycles. The summed E-state index contributed by atoms with van der Waals surface area (Å²) in [6.45, 7) is 11.2. The summed E-state index contributed by atoms with van der Waals surface area (Å²) >= 11 is 0. The lowest BCUT2D eigenvalue weighted by atomic mass is 9.99. The molecule has 0 saturated carbocycles. The van der Waals surface area contributed by atoms with Gasteiger partial charge in [-0.1, -0.05) is 52.2 Å². The van der Waals surface area contributed by atoms with Gasteiger partial charge in [0.25, 0.3) is 5.91 Å². The molecule has 1 rings (SSSR count). The number of amides is 1. The maximum atomic E-state index is 12.4. The van der Waals surface area contributed by atoms with Crippen molar-refractivity contribution in [1.82, 2.24) is 5.32 Å². The molecule has 1 amide bonds. The molecule has 130 valence electrons. The van der Waals surface area contributed by atoms with Gasteiger partial charge in [0.2, 0.25) is 0 Å². The fraction of sp³-hybridized carbons (Fsp3) is 0.650. The van der Waals surface area contributed by atoms with Crippen molar-refractivity contribution in [3.63, 3.8) is 0 Å². The van der Waals surface area contributed by atoms with Gasteiger partial charge in [-0.25, -0.2) is 0 Å². The number of aryl methyl sites for hydroxylation is 2. The highest BCUT2D eigenvalue weighted by atomic mass is 16.5. The fourth-order valence-corrected chi connectivity index (χ4v) is 2.61. The van der Waals surface area contributed by atoms with Gasteiger partial charge in [-0.3, -0.25) is 4.79 Å². The molecule has 0 aliphatic rings. The largest absolute Gasteiger partial charge is 0.480 e. The van der Waals surface area contributed by atoms with Crippen LogP contribution in [0.25, 0.3) is 0 Å². The van der Waals surface area contributed by atoms with Gasteiger partial charge in [0, 0.05) is 6.54 Å². The predicted molar refractivity (Wildman–Crippen MR) is 96.9 cm³/mol. The van der Waals surface area contributed by atoms with Crippen molar-refractivity contribution in [2.24, 2.45) is 5.92 Å². The Morgan fingerprint density at radius 1 is 1.17 bits per heavy atom. The maximum Gasteiger partial charge on any atom is 0.261 e. The summed E-state index contributed by atoms with van der Waals surface area (Å²) in [6.07, 6.45) is 4.98. The molecular formula is C20H33NO2. The monoisotopic (exact) mass is 319 g/mol. The van der Waals surface area contributed by atoms with E-state index in [-0.39, 0.29) is 5.91 Å². The second kappa shape index (κ2) is 10.3. The van der Waals surface area contributed by atoms with E-state index in [2.05, 4.69) is 25.2 Å². The standard InChI is InChI=1S/C20H33NO2/c1-6-9-10-17(7-2)14-21-20(22)18(8-3)23-19-13-15(4)11-12-16(19)5/h11-13,17-18H,6-10,14H2,1-5H3,(H,21,22)/t17-,18-/m1/s1. The van der Waals surface area contributed by atoms with Crippen LogP contribution in [-0.2, 0) is 4.79 Å². The number of hydrogen-bond acceptors (Lipinski definition) is 2. The van der Waals surface area contributed by atoms with E-state index < -0.39 is 6.10 Å². The summed E-state index contributed by atoms with van der Waals surface area (Å²) in [7, 11) is 0. The third-order valence-electron chi connectivity index (χ3n) is 4.38. The zero-order chi connectivity index (χ0) is 17.2. The number of nitrogens with one attached hydrogen (secondary N) is 1. The van der Waals surface area contributed by atoms with E-state index in [0.29, 0.717) is 12.3 Å². The second-order valence-electron chi connectivity index (χ2n) is 6.45. The average molecular weight is 319 g/mol. The van der Waals surface area contributed by atoms with Crippen molar-refractivity contribution < 1.29 is 9.53 Å². The lowest BCUT2D eigenvalue weighted by Gasteiger charge is -2.21. The Kier molecular flexibility index (Phi) is 8.75. The van der Waals surface area contributed by atoms with Gasteiger partial charge in [-0.05, 0) is 49.8 Å². The average Bonchev–Trinajstić information content (AvgIpc) is 2.55. The molecule has 0 aliphatic heterocycles. The smallest absolute Gasteiger partial charge is 0.261 e. The van der Waals surface area contributed by atoms with Crippen molar-refractivity contribution in [2.75, 3.05) is 6.54 Å². The van der Waals surface area contributed by atoms with Gasteiger partial charge in [-0.2, -0.15) is 0 Å². The van der Waals surface area contributed by atoms with Crippen molar-refractivity contribution >= 4 is 5.91 Å². The molecule has 2 atom stereocenters. The van der Waals surface area contributed by atoms with E-state index in [0.717, 1.165) is 29.8 Å². The summed E-state index contributed by atoms with van der Waals surface area (Å²) in [6, 6.07) is 6.09. The molecule has 0 aliphatic carbocycles. The van der Waals surface area contributed by atoms with E-state index in [9.17, 15) is 4.79 Å². The Bertz CT molecular complexity index is 485. The number of carbonyl (C=O) groups is 1. The van der Waals surface area contributed by atoms with E-state index in [1.165, 1.54) is 19.3 Å². The highest BCUT2D eigenvalue weighted by molar-refractivity contribution is 5.81. The molecule has 1 aromatic rings. The van der Waals surface area contributed by atoms with Gasteiger partial charge >= 0.3 is 0 Å². The lowest BCUT2D eigenvalue weighted by molar-refractivity contribution is -0.128. The SMILES string of the molecule is CCCC[C@@H](CC)CNC(=O)[C@@H](CC)Oc1cc(C)ccc1C. The van der Waals surface area contributed by atoms with Gasteiger partial charge in [0.05, 0.1) is 0 Å². The molecular weight excluding hydrogens is 286 g/mol. The van der Waals surface area contributed by atoms with E-state index in [1.54, 1.807) is 0 Å². The minimum absolute atomic E-state index is 0.00311. The van der Waals surface area contributed by atoms with E-state index in [1.807, 2.05) is 32.9 Å². The molecule has 0 saturated heterocycles. The molecule has 1 aromatic carbocycles. The zero-order valence-electron chi connectivity index (χ0n) is 15.4. The van der Waals surface area contributed by atoms with Gasteiger partial charge in [0.15, 0.2) is 6.10 Å². The van der Waals surface area contributed by atoms with Crippen molar-refractivity contribution in [2.45, 2.75) is 72.8 Å². The van der Waals surface area contributed by atoms with E-state index in [4.69, 9.17) is 4.74 Å². The Morgan fingerprint density at radius 3 is 2.52 bits per heavy atom. The van der Waals surface area contributed by atoms with Crippen LogP contribution in [-0.4, -0.2) is 18.6 Å². The minimum Gasteiger partial charge on any atom is -0.480 e. The Morgan fingerprint density at radius 2 is 1.91 bits per heavy atom. The van der Waals surface area contributed by atoms with Crippen LogP contribution in [0.3, 0.4) is 0 Å². The molecule has 1 N–H and O–H groups in total. The van der Waals surface area contributed by atoms with Gasteiger partial charge in [0.1, 0.15) is 5.75 Å². The summed E-state index contributed by atoms with van der Waals surface area (Å²) in [5.74, 6) is 1.38. The summed E-state index contributed by atoms with van der Waals surface area (Å²) in [4.78, 5) is 12.4. The predicted octanol–water partition coefficient (Wildman–Crippen LogP) is 4.79. The Balaban J connectivity index is 2.59. The van der Waals surface area contributed by atoms with Crippen LogP contribution in [0.15, 0.2) is 18.2 Å². The number of hydrogen-bond donors (Lipinski definition) is 1. The van der Waals surface area contributed by atoms with Crippen molar-refractivity contribution in [1.29, 1.82) is 0 Å². The van der Waals surface area contributed by atoms with Crippen LogP contribution in [0.2, 0.25) is 0 Å². The van der Waals surface area contributed by atoms with Crippen LogP contribution in [0, 0.1) is 19.8 Å². The van der Waals surface area contributed by atoms with Crippen LogP contribution in [0.4, 0.5) is 0 Å². The maximum absolute atomic E-state index is 12.4. The first-order chi connectivity index (χ1) is 11.0. The first kappa shape index (κ1) is 19.5. The first-order valence-electron chi connectivity index (χ1n) is 9.03. The van der Waals surface area contributed by atoms with Crippen molar-refractivity contribution in [3.8, 4) is 5.75 Å². The number of ether oxygens (including phenoxy) is 1. The van der Waals surface area contributed by atoms with Crippen LogP contribution in [0.5, 0.6) is 5.75 Å². The second-order valence-corrected chi connectivity index (χ2v) is 6.45. The Labute approximate surface area is 141 Å². The summed E-state index contributed by atoms with van der Waals surface area (Å²) < 4.78 is 5.97. The molecule has 0 spiro atoms. The topological polar surface area (TPSA) is 38.3 Å². The number of carbonyl (C=O) groups excluding carboxylic acids is 1. The first-order valence-corrected chi connectivity index (χ1v) is 9.03. The molecule has 0 aromatic heterocycles. The van der Waals surface area contributed by atoms with Crippen LogP contribution >= 0.6 is 0 Å². The number of unbranched alkanes of at least 4 members (excludes halogenated alkanes) is 1. The number of rotatable bonds is 10. The quantitative estimate of drug-likeness (QED) is 0.673. The fourth-order valence-electron chi connectivity index (χ4n) is 2.61. The number of benzene rings is 1. The Hall–Kier alpha value is -1.51. The summed E-state index contributed by atoms with van der Waals surface area (Å²) in [5, 5.41) is 3.08. The molecule has 0 radical (unpaired) electrons. The normalized spacial score (nSPS) is 13.4. The highest BCUT2D eigenvalue weighted by Crippen LogP contribution is 2.21. The highest BCUT2D eigenvalue weighted by Gasteiger charge is 2.20. The summed E-state index contributed by atoms with van der Waals surface area (Å²) in [5.41, 5.74) is 2.21. The van der Waals surface area contributed by atoms with Crippen molar-refractivity contribution in [3.05, 3.63) is 29.3 Å². The zero-order valence-corrected chi connectivity index (χ0v) is 15.4. The van der Waals surface area contributed by atoms with Gasteiger partial charge in [-0.15, -0.1) is 0 Å². The molecule has 23 heavy (non-hydrogen) atoms. The van der Waals surface area contributed by atoms with E-state index >= 15 is 0 Å². The third-order valence-corrected chi connectivity index (χ3v) is 4.38. The molecule has 0 bridgehead atoms. The van der Waals surface area contributed by atoms with Crippen LogP contribution < -0.4 is 10.1 Å². The third kappa shape index (κ3) is 6.64. The van der Waals surface area contributed by atoms with Gasteiger partial charge < -0.3 is 10.1 Å². The molecule has 3 nitrogen and oxygen atoms in total. The van der Waals surface area contributed by atoms with Crippen LogP contribution in [0.1, 0.15) is 64.0 Å². The molecule has 0 fully saturated rings. The molecule has 0 unspecified atom stereocenters.